The highest BCUT2D eigenvalue weighted by Crippen LogP contribution is 2.17. The molecule has 104 valence electrons. The smallest absolute Gasteiger partial charge is 0.232 e. The number of thiocarbonyl (C=S) groups is 1. The number of rotatable bonds is 5. The van der Waals surface area contributed by atoms with Crippen LogP contribution in [0.15, 0.2) is 24.3 Å². The molecule has 0 heterocycles. The highest BCUT2D eigenvalue weighted by molar-refractivity contribution is 7.80. The third-order valence-corrected chi connectivity index (χ3v) is 3.23. The van der Waals surface area contributed by atoms with Crippen LogP contribution in [0.25, 0.3) is 0 Å². The maximum atomic E-state index is 13.5. The van der Waals surface area contributed by atoms with Gasteiger partial charge in [0, 0.05) is 19.2 Å². The molecule has 1 amide bonds. The zero-order valence-electron chi connectivity index (χ0n) is 11.4. The lowest BCUT2D eigenvalue weighted by Gasteiger charge is -2.25. The molecule has 1 rings (SSSR count). The number of hydrogen-bond donors (Lipinski definition) is 1. The molecule has 0 radical (unpaired) electrons. The van der Waals surface area contributed by atoms with Crippen LogP contribution in [0.5, 0.6) is 0 Å². The Morgan fingerprint density at radius 3 is 2.47 bits per heavy atom. The molecule has 0 saturated carbocycles. The maximum Gasteiger partial charge on any atom is 0.232 e. The van der Waals surface area contributed by atoms with Gasteiger partial charge >= 0.3 is 0 Å². The van der Waals surface area contributed by atoms with E-state index in [1.807, 2.05) is 13.8 Å². The molecule has 1 atom stereocenters. The van der Waals surface area contributed by atoms with Crippen LogP contribution in [0, 0.1) is 17.7 Å². The molecule has 1 unspecified atom stereocenters. The molecule has 19 heavy (non-hydrogen) atoms. The first kappa shape index (κ1) is 15.6. The molecule has 0 aliphatic heterocycles. The largest absolute Gasteiger partial charge is 0.393 e. The molecule has 0 aliphatic rings. The van der Waals surface area contributed by atoms with E-state index in [1.165, 1.54) is 11.0 Å². The van der Waals surface area contributed by atoms with Gasteiger partial charge in [-0.1, -0.05) is 44.3 Å². The van der Waals surface area contributed by atoms with E-state index in [2.05, 4.69) is 0 Å². The van der Waals surface area contributed by atoms with Crippen LogP contribution in [-0.4, -0.2) is 22.8 Å². The van der Waals surface area contributed by atoms with Crippen LogP contribution in [0.2, 0.25) is 0 Å². The first-order valence-corrected chi connectivity index (χ1v) is 6.53. The minimum Gasteiger partial charge on any atom is -0.393 e. The van der Waals surface area contributed by atoms with E-state index in [0.29, 0.717) is 5.56 Å². The summed E-state index contributed by atoms with van der Waals surface area (Å²) in [6.45, 7) is 3.98. The summed E-state index contributed by atoms with van der Waals surface area (Å²) in [6.07, 6.45) is 0. The lowest BCUT2D eigenvalue weighted by Crippen LogP contribution is -2.41. The summed E-state index contributed by atoms with van der Waals surface area (Å²) in [5.74, 6) is -0.982. The van der Waals surface area contributed by atoms with Crippen molar-refractivity contribution in [3.8, 4) is 0 Å². The maximum absolute atomic E-state index is 13.5. The van der Waals surface area contributed by atoms with Gasteiger partial charge in [-0.15, -0.1) is 0 Å². The average molecular weight is 282 g/mol. The molecule has 0 saturated heterocycles. The standard InChI is InChI=1S/C14H19FN2OS/c1-9(2)12(13(16)19)14(18)17(3)8-10-6-4-5-7-11(10)15/h4-7,9,12H,8H2,1-3H3,(H2,16,19). The predicted octanol–water partition coefficient (Wildman–Crippen LogP) is 2.34. The summed E-state index contributed by atoms with van der Waals surface area (Å²) in [6, 6.07) is 6.39. The van der Waals surface area contributed by atoms with Crippen molar-refractivity contribution in [3.63, 3.8) is 0 Å². The van der Waals surface area contributed by atoms with Crippen LogP contribution in [0.1, 0.15) is 19.4 Å². The van der Waals surface area contributed by atoms with Crippen LogP contribution >= 0.6 is 12.2 Å². The highest BCUT2D eigenvalue weighted by Gasteiger charge is 2.28. The van der Waals surface area contributed by atoms with Crippen LogP contribution in [0.3, 0.4) is 0 Å². The third kappa shape index (κ3) is 3.99. The van der Waals surface area contributed by atoms with Gasteiger partial charge in [0.2, 0.25) is 5.91 Å². The van der Waals surface area contributed by atoms with Gasteiger partial charge < -0.3 is 10.6 Å². The summed E-state index contributed by atoms with van der Waals surface area (Å²) in [4.78, 5) is 13.9. The number of nitrogens with zero attached hydrogens (tertiary/aromatic N) is 1. The Labute approximate surface area is 118 Å². The van der Waals surface area contributed by atoms with Gasteiger partial charge in [0.05, 0.1) is 10.9 Å². The summed E-state index contributed by atoms with van der Waals surface area (Å²) >= 11 is 4.94. The molecule has 0 bridgehead atoms. The van der Waals surface area contributed by atoms with Gasteiger partial charge in [0.1, 0.15) is 5.82 Å². The number of hydrogen-bond acceptors (Lipinski definition) is 2. The average Bonchev–Trinajstić information content (AvgIpc) is 2.31. The summed E-state index contributed by atoms with van der Waals surface area (Å²) in [5, 5.41) is 0. The van der Waals surface area contributed by atoms with Crippen LogP contribution < -0.4 is 5.73 Å². The fourth-order valence-electron chi connectivity index (χ4n) is 1.93. The van der Waals surface area contributed by atoms with E-state index in [9.17, 15) is 9.18 Å². The molecule has 0 spiro atoms. The van der Waals surface area contributed by atoms with E-state index < -0.39 is 5.92 Å². The fraction of sp³-hybridized carbons (Fsp3) is 0.429. The molecule has 3 nitrogen and oxygen atoms in total. The second kappa shape index (κ2) is 6.61. The molecule has 1 aromatic rings. The molecule has 0 fully saturated rings. The number of carbonyl (C=O) groups is 1. The van der Waals surface area contributed by atoms with Gasteiger partial charge in [0.15, 0.2) is 0 Å². The van der Waals surface area contributed by atoms with E-state index in [1.54, 1.807) is 25.2 Å². The second-order valence-electron chi connectivity index (χ2n) is 4.91. The zero-order chi connectivity index (χ0) is 14.6. The molecule has 5 heteroatoms. The summed E-state index contributed by atoms with van der Waals surface area (Å²) < 4.78 is 13.5. The van der Waals surface area contributed by atoms with Gasteiger partial charge in [0.25, 0.3) is 0 Å². The first-order valence-electron chi connectivity index (χ1n) is 6.12. The molecule has 0 aromatic heterocycles. The second-order valence-corrected chi connectivity index (χ2v) is 5.38. The molecular weight excluding hydrogens is 263 g/mol. The number of halogens is 1. The minimum atomic E-state index is -0.508. The van der Waals surface area contributed by atoms with Crippen molar-refractivity contribution < 1.29 is 9.18 Å². The van der Waals surface area contributed by atoms with Crippen molar-refractivity contribution in [3.05, 3.63) is 35.6 Å². The summed E-state index contributed by atoms with van der Waals surface area (Å²) in [7, 11) is 1.63. The third-order valence-electron chi connectivity index (χ3n) is 2.98. The van der Waals surface area contributed by atoms with Gasteiger partial charge in [-0.05, 0) is 12.0 Å². The predicted molar refractivity (Wildman–Crippen MR) is 78.0 cm³/mol. The fourth-order valence-corrected chi connectivity index (χ4v) is 2.31. The Kier molecular flexibility index (Phi) is 5.42. The van der Waals surface area contributed by atoms with Crippen molar-refractivity contribution in [2.75, 3.05) is 7.05 Å². The first-order chi connectivity index (χ1) is 8.84. The monoisotopic (exact) mass is 282 g/mol. The van der Waals surface area contributed by atoms with E-state index in [0.717, 1.165) is 0 Å². The van der Waals surface area contributed by atoms with Crippen LogP contribution in [0.4, 0.5) is 4.39 Å². The number of carbonyl (C=O) groups excluding carboxylic acids is 1. The minimum absolute atomic E-state index is 0.0214. The van der Waals surface area contributed by atoms with Crippen molar-refractivity contribution in [2.45, 2.75) is 20.4 Å². The molecule has 1 aromatic carbocycles. The van der Waals surface area contributed by atoms with Crippen molar-refractivity contribution in [1.82, 2.24) is 4.90 Å². The van der Waals surface area contributed by atoms with E-state index >= 15 is 0 Å². The van der Waals surface area contributed by atoms with E-state index in [4.69, 9.17) is 18.0 Å². The Balaban J connectivity index is 2.83. The normalized spacial score (nSPS) is 12.3. The topological polar surface area (TPSA) is 46.3 Å². The van der Waals surface area contributed by atoms with Crippen LogP contribution in [-0.2, 0) is 11.3 Å². The molecular formula is C14H19FN2OS. The van der Waals surface area contributed by atoms with Gasteiger partial charge in [-0.25, -0.2) is 4.39 Å². The van der Waals surface area contributed by atoms with Gasteiger partial charge in [-0.3, -0.25) is 4.79 Å². The zero-order valence-corrected chi connectivity index (χ0v) is 12.2. The lowest BCUT2D eigenvalue weighted by atomic mass is 9.94. The molecule has 2 N–H and O–H groups in total. The Morgan fingerprint density at radius 1 is 1.42 bits per heavy atom. The SMILES string of the molecule is CC(C)C(C(=O)N(C)Cc1ccccc1F)C(N)=S. The van der Waals surface area contributed by atoms with Crippen molar-refractivity contribution >= 4 is 23.1 Å². The number of amides is 1. The van der Waals surface area contributed by atoms with Crippen molar-refractivity contribution in [2.24, 2.45) is 17.6 Å². The quantitative estimate of drug-likeness (QED) is 0.843. The number of nitrogens with two attached hydrogens (primary N) is 1. The van der Waals surface area contributed by atoms with E-state index in [-0.39, 0.29) is 29.2 Å². The molecule has 0 aliphatic carbocycles. The Bertz CT molecular complexity index is 476. The highest BCUT2D eigenvalue weighted by atomic mass is 32.1. The number of benzene rings is 1. The lowest BCUT2D eigenvalue weighted by molar-refractivity contribution is -0.133. The summed E-state index contributed by atoms with van der Waals surface area (Å²) in [5.41, 5.74) is 6.09. The Hall–Kier alpha value is -1.49. The van der Waals surface area contributed by atoms with Crippen molar-refractivity contribution in [1.29, 1.82) is 0 Å². The van der Waals surface area contributed by atoms with Gasteiger partial charge in [-0.2, -0.15) is 0 Å². The Morgan fingerprint density at radius 2 is 2.00 bits per heavy atom.